The van der Waals surface area contributed by atoms with Crippen molar-refractivity contribution in [1.29, 1.82) is 0 Å². The highest BCUT2D eigenvalue weighted by Crippen LogP contribution is 2.33. The lowest BCUT2D eigenvalue weighted by molar-refractivity contribution is -0.137. The summed E-state index contributed by atoms with van der Waals surface area (Å²) in [4.78, 5) is 14.2. The first-order valence-electron chi connectivity index (χ1n) is 8.10. The fraction of sp³-hybridized carbons (Fsp3) is 0.278. The SMILES string of the molecule is CS(=O)(=O)N(CC(=O)N1CCc2ccccc21)c1cccc(C(F)(F)F)c1. The van der Waals surface area contributed by atoms with Gasteiger partial charge in [-0.25, -0.2) is 8.42 Å². The van der Waals surface area contributed by atoms with Crippen LogP contribution in [-0.2, 0) is 27.4 Å². The van der Waals surface area contributed by atoms with Gasteiger partial charge in [-0.15, -0.1) is 0 Å². The molecule has 9 heteroatoms. The standard InChI is InChI=1S/C18H17F3N2O3S/c1-27(25,26)23(15-7-4-6-14(11-15)18(19,20)21)12-17(24)22-10-9-13-5-2-3-8-16(13)22/h2-8,11H,9-10,12H2,1H3. The van der Waals surface area contributed by atoms with E-state index in [1.807, 2.05) is 12.1 Å². The van der Waals surface area contributed by atoms with E-state index < -0.39 is 34.2 Å². The summed E-state index contributed by atoms with van der Waals surface area (Å²) >= 11 is 0. The Kier molecular flexibility index (Phi) is 4.90. The van der Waals surface area contributed by atoms with Crippen molar-refractivity contribution in [2.45, 2.75) is 12.6 Å². The molecular formula is C18H17F3N2O3S. The third-order valence-corrected chi connectivity index (χ3v) is 5.47. The maximum Gasteiger partial charge on any atom is 0.416 e. The fourth-order valence-electron chi connectivity index (χ4n) is 3.04. The number of amides is 1. The van der Waals surface area contributed by atoms with Gasteiger partial charge >= 0.3 is 6.18 Å². The molecule has 5 nitrogen and oxygen atoms in total. The number of alkyl halides is 3. The van der Waals surface area contributed by atoms with Crippen LogP contribution >= 0.6 is 0 Å². The smallest absolute Gasteiger partial charge is 0.310 e. The Labute approximate surface area is 155 Å². The van der Waals surface area contributed by atoms with Gasteiger partial charge in [-0.1, -0.05) is 24.3 Å². The molecule has 0 aliphatic carbocycles. The monoisotopic (exact) mass is 398 g/mol. The average Bonchev–Trinajstić information content (AvgIpc) is 3.02. The Morgan fingerprint density at radius 3 is 2.52 bits per heavy atom. The van der Waals surface area contributed by atoms with E-state index in [4.69, 9.17) is 0 Å². The molecule has 0 saturated carbocycles. The highest BCUT2D eigenvalue weighted by Gasteiger charge is 2.33. The number of hydrogen-bond donors (Lipinski definition) is 0. The quantitative estimate of drug-likeness (QED) is 0.796. The Hall–Kier alpha value is -2.55. The van der Waals surface area contributed by atoms with Crippen molar-refractivity contribution in [2.75, 3.05) is 28.6 Å². The number of hydrogen-bond acceptors (Lipinski definition) is 3. The zero-order valence-electron chi connectivity index (χ0n) is 14.4. The number of fused-ring (bicyclic) bond motifs is 1. The molecular weight excluding hydrogens is 381 g/mol. The first-order valence-corrected chi connectivity index (χ1v) is 9.95. The van der Waals surface area contributed by atoms with Crippen molar-refractivity contribution >= 4 is 27.3 Å². The van der Waals surface area contributed by atoms with Crippen molar-refractivity contribution in [3.8, 4) is 0 Å². The van der Waals surface area contributed by atoms with E-state index in [0.29, 0.717) is 23.0 Å². The summed E-state index contributed by atoms with van der Waals surface area (Å²) in [6.07, 6.45) is -3.11. The highest BCUT2D eigenvalue weighted by molar-refractivity contribution is 7.92. The molecule has 0 bridgehead atoms. The lowest BCUT2D eigenvalue weighted by Crippen LogP contribution is -2.42. The minimum atomic E-state index is -4.61. The second-order valence-corrected chi connectivity index (χ2v) is 8.15. The van der Waals surface area contributed by atoms with Gasteiger partial charge in [0.25, 0.3) is 0 Å². The molecule has 2 aromatic carbocycles. The molecule has 2 aromatic rings. The lowest BCUT2D eigenvalue weighted by Gasteiger charge is -2.26. The van der Waals surface area contributed by atoms with Crippen LogP contribution in [0.3, 0.4) is 0 Å². The van der Waals surface area contributed by atoms with Gasteiger partial charge in [0.1, 0.15) is 6.54 Å². The number of para-hydroxylation sites is 1. The molecule has 0 saturated heterocycles. The zero-order chi connectivity index (χ0) is 19.8. The van der Waals surface area contributed by atoms with Gasteiger partial charge < -0.3 is 4.90 Å². The molecule has 0 atom stereocenters. The second kappa shape index (κ2) is 6.88. The van der Waals surface area contributed by atoms with E-state index in [1.54, 1.807) is 12.1 Å². The summed E-state index contributed by atoms with van der Waals surface area (Å²) in [6.45, 7) is -0.174. The second-order valence-electron chi connectivity index (χ2n) is 6.24. The number of rotatable bonds is 4. The van der Waals surface area contributed by atoms with Crippen LogP contribution in [-0.4, -0.2) is 33.7 Å². The van der Waals surface area contributed by atoms with Gasteiger partial charge in [0.2, 0.25) is 15.9 Å². The maximum atomic E-state index is 13.0. The molecule has 0 unspecified atom stereocenters. The molecule has 0 radical (unpaired) electrons. The summed E-state index contributed by atoms with van der Waals surface area (Å²) in [5, 5.41) is 0. The van der Waals surface area contributed by atoms with Gasteiger partial charge in [-0.05, 0) is 36.2 Å². The predicted octanol–water partition coefficient (Wildman–Crippen LogP) is 3.06. The first-order chi connectivity index (χ1) is 12.6. The number of nitrogens with zero attached hydrogens (tertiary/aromatic N) is 2. The zero-order valence-corrected chi connectivity index (χ0v) is 15.2. The summed E-state index contributed by atoms with van der Waals surface area (Å²) in [6, 6.07) is 11.2. The number of benzene rings is 2. The van der Waals surface area contributed by atoms with E-state index in [0.717, 1.165) is 30.0 Å². The number of carbonyl (C=O) groups excluding carboxylic acids is 1. The van der Waals surface area contributed by atoms with Crippen molar-refractivity contribution in [2.24, 2.45) is 0 Å². The van der Waals surface area contributed by atoms with Crippen molar-refractivity contribution in [3.63, 3.8) is 0 Å². The van der Waals surface area contributed by atoms with Crippen LogP contribution < -0.4 is 9.21 Å². The van der Waals surface area contributed by atoms with Crippen LogP contribution in [0.15, 0.2) is 48.5 Å². The van der Waals surface area contributed by atoms with Crippen molar-refractivity contribution < 1.29 is 26.4 Å². The molecule has 1 aliphatic heterocycles. The third-order valence-electron chi connectivity index (χ3n) is 4.33. The van der Waals surface area contributed by atoms with Gasteiger partial charge in [-0.3, -0.25) is 9.10 Å². The van der Waals surface area contributed by atoms with E-state index in [-0.39, 0.29) is 5.69 Å². The van der Waals surface area contributed by atoms with Gasteiger partial charge in [0.05, 0.1) is 17.5 Å². The van der Waals surface area contributed by atoms with Crippen LogP contribution in [0.2, 0.25) is 0 Å². The molecule has 0 aromatic heterocycles. The molecule has 27 heavy (non-hydrogen) atoms. The molecule has 0 spiro atoms. The molecule has 0 N–H and O–H groups in total. The lowest BCUT2D eigenvalue weighted by atomic mass is 10.2. The van der Waals surface area contributed by atoms with Gasteiger partial charge in [0, 0.05) is 12.2 Å². The third kappa shape index (κ3) is 4.08. The number of anilines is 2. The summed E-state index contributed by atoms with van der Waals surface area (Å²) in [5.74, 6) is -0.497. The van der Waals surface area contributed by atoms with E-state index in [1.165, 1.54) is 11.0 Å². The van der Waals surface area contributed by atoms with Crippen LogP contribution in [0, 0.1) is 0 Å². The largest absolute Gasteiger partial charge is 0.416 e. The Morgan fingerprint density at radius 1 is 1.15 bits per heavy atom. The molecule has 1 heterocycles. The molecule has 1 amide bonds. The predicted molar refractivity (Wildman–Crippen MR) is 96.1 cm³/mol. The summed E-state index contributed by atoms with van der Waals surface area (Å²) in [7, 11) is -3.96. The fourth-order valence-corrected chi connectivity index (χ4v) is 3.88. The van der Waals surface area contributed by atoms with Crippen LogP contribution in [0.4, 0.5) is 24.5 Å². The number of sulfonamides is 1. The minimum Gasteiger partial charge on any atom is -0.310 e. The molecule has 3 rings (SSSR count). The van der Waals surface area contributed by atoms with Crippen LogP contribution in [0.25, 0.3) is 0 Å². The van der Waals surface area contributed by atoms with Crippen molar-refractivity contribution in [1.82, 2.24) is 0 Å². The molecule has 144 valence electrons. The minimum absolute atomic E-state index is 0.201. The van der Waals surface area contributed by atoms with Crippen LogP contribution in [0.5, 0.6) is 0 Å². The van der Waals surface area contributed by atoms with Gasteiger partial charge in [0.15, 0.2) is 0 Å². The van der Waals surface area contributed by atoms with E-state index >= 15 is 0 Å². The van der Waals surface area contributed by atoms with Crippen LogP contribution in [0.1, 0.15) is 11.1 Å². The maximum absolute atomic E-state index is 13.0. The average molecular weight is 398 g/mol. The van der Waals surface area contributed by atoms with Crippen molar-refractivity contribution in [3.05, 3.63) is 59.7 Å². The van der Waals surface area contributed by atoms with Gasteiger partial charge in [-0.2, -0.15) is 13.2 Å². The molecule has 1 aliphatic rings. The first kappa shape index (κ1) is 19.2. The Balaban J connectivity index is 1.91. The summed E-state index contributed by atoms with van der Waals surface area (Å²) in [5.41, 5.74) is 0.483. The highest BCUT2D eigenvalue weighted by atomic mass is 32.2. The Morgan fingerprint density at radius 2 is 1.85 bits per heavy atom. The number of carbonyl (C=O) groups is 1. The van der Waals surface area contributed by atoms with E-state index in [9.17, 15) is 26.4 Å². The Bertz CT molecular complexity index is 974. The molecule has 0 fully saturated rings. The summed E-state index contributed by atoms with van der Waals surface area (Å²) < 4.78 is 63.9. The topological polar surface area (TPSA) is 57.7 Å². The number of halogens is 3. The normalized spacial score (nSPS) is 14.1. The van der Waals surface area contributed by atoms with E-state index in [2.05, 4.69) is 0 Å².